The fourth-order valence-electron chi connectivity index (χ4n) is 12.1. The summed E-state index contributed by atoms with van der Waals surface area (Å²) in [6.07, 6.45) is 21.7. The summed E-state index contributed by atoms with van der Waals surface area (Å²) in [4.78, 5) is 0. The molecule has 2 aliphatic carbocycles. The van der Waals surface area contributed by atoms with Crippen LogP contribution in [0.5, 0.6) is 0 Å². The minimum absolute atomic E-state index is 0.0954. The highest BCUT2D eigenvalue weighted by Gasteiger charge is 2.23. The van der Waals surface area contributed by atoms with Gasteiger partial charge in [0.1, 0.15) is 22.3 Å². The molecule has 2 unspecified atom stereocenters. The van der Waals surface area contributed by atoms with E-state index in [0.29, 0.717) is 0 Å². The van der Waals surface area contributed by atoms with Crippen molar-refractivity contribution in [3.63, 3.8) is 0 Å². The monoisotopic (exact) mass is 944 g/mol. The summed E-state index contributed by atoms with van der Waals surface area (Å²) in [7, 11) is 0. The summed E-state index contributed by atoms with van der Waals surface area (Å²) < 4.78 is 18.3. The highest BCUT2D eigenvalue weighted by Crippen LogP contribution is 2.43. The number of thiophene rings is 1. The molecule has 1 N–H and O–H groups in total. The number of nitrogens with zero attached hydrogens (tertiary/aromatic N) is 1. The van der Waals surface area contributed by atoms with Gasteiger partial charge in [0.15, 0.2) is 0 Å². The molecule has 0 fully saturated rings. The van der Waals surface area contributed by atoms with Gasteiger partial charge in [-0.3, -0.25) is 0 Å². The van der Waals surface area contributed by atoms with Crippen LogP contribution in [-0.2, 0) is 0 Å². The minimum Gasteiger partial charge on any atom is -0.456 e. The van der Waals surface area contributed by atoms with Crippen molar-refractivity contribution in [1.82, 2.24) is 9.88 Å². The molecule has 0 spiro atoms. The molecule has 0 bridgehead atoms. The Bertz CT molecular complexity index is 4470. The van der Waals surface area contributed by atoms with Gasteiger partial charge in [-0.2, -0.15) is 0 Å². The van der Waals surface area contributed by atoms with E-state index in [4.69, 9.17) is 8.83 Å². The van der Waals surface area contributed by atoms with E-state index in [-0.39, 0.29) is 12.0 Å². The van der Waals surface area contributed by atoms with E-state index in [1.54, 1.807) is 0 Å². The maximum absolute atomic E-state index is 6.70. The molecule has 1 aliphatic heterocycles. The molecule has 4 nitrogen and oxygen atoms in total. The van der Waals surface area contributed by atoms with Gasteiger partial charge < -0.3 is 18.7 Å². The standard InChI is InChI=1S/C67H48N2O2S/c1-3-14-41(15-4-1)58-38-44(16-11-24-57(68-58)46-29-33-52-51-19-7-9-25-61(51)71-64(52)40-46)48-21-13-26-63-66(48)56-37-43(31-35-62(56)70-63)42-30-34-59-55(36-42)50-32-28-45(39-60(50)69(59)47-17-5-2-6-18-47)49-22-12-23-54-53-20-8-10-27-65(53)72-67(49)54/h1,3-5,7-10,12-23,25-29,31-40,42,57,68H,2,6,11,24,30H2/b44-16+,58-38-. The number of hydrogen-bond acceptors (Lipinski definition) is 4. The number of para-hydroxylation sites is 1. The Kier molecular flexibility index (Phi) is 9.56. The first kappa shape index (κ1) is 41.4. The van der Waals surface area contributed by atoms with Crippen LogP contribution in [0.25, 0.3) is 115 Å². The Labute approximate surface area is 420 Å². The summed E-state index contributed by atoms with van der Waals surface area (Å²) in [5.41, 5.74) is 15.9. The molecule has 3 aliphatic rings. The number of benzene rings is 8. The van der Waals surface area contributed by atoms with Gasteiger partial charge in [-0.25, -0.2) is 0 Å². The zero-order chi connectivity index (χ0) is 47.3. The molecule has 12 aromatic rings. The van der Waals surface area contributed by atoms with Crippen molar-refractivity contribution in [2.24, 2.45) is 0 Å². The van der Waals surface area contributed by atoms with Crippen LogP contribution in [0.4, 0.5) is 0 Å². The Morgan fingerprint density at radius 1 is 0.542 bits per heavy atom. The molecule has 0 saturated heterocycles. The third-order valence-corrected chi connectivity index (χ3v) is 16.7. The Hall–Kier alpha value is -8.38. The zero-order valence-electron chi connectivity index (χ0n) is 39.6. The summed E-state index contributed by atoms with van der Waals surface area (Å²) in [5, 5.41) is 15.2. The fraction of sp³-hybridized carbons (Fsp3) is 0.104. The zero-order valence-corrected chi connectivity index (χ0v) is 40.4. The summed E-state index contributed by atoms with van der Waals surface area (Å²) >= 11 is 1.90. The largest absolute Gasteiger partial charge is 0.456 e. The maximum Gasteiger partial charge on any atom is 0.136 e. The molecule has 15 rings (SSSR count). The first-order valence-electron chi connectivity index (χ1n) is 25.4. The smallest absolute Gasteiger partial charge is 0.136 e. The quantitative estimate of drug-likeness (QED) is 0.181. The average molecular weight is 945 g/mol. The van der Waals surface area contributed by atoms with E-state index < -0.39 is 0 Å². The lowest BCUT2D eigenvalue weighted by molar-refractivity contribution is 0.584. The van der Waals surface area contributed by atoms with Crippen LogP contribution in [0.3, 0.4) is 0 Å². The lowest BCUT2D eigenvalue weighted by Gasteiger charge is -2.25. The van der Waals surface area contributed by atoms with Crippen molar-refractivity contribution in [2.75, 3.05) is 0 Å². The molecule has 5 heteroatoms. The summed E-state index contributed by atoms with van der Waals surface area (Å²) in [5.74, 6) is 0.200. The van der Waals surface area contributed by atoms with Gasteiger partial charge in [0.05, 0.1) is 11.6 Å². The van der Waals surface area contributed by atoms with Crippen LogP contribution in [0.1, 0.15) is 66.3 Å². The molecular weight excluding hydrogens is 897 g/mol. The van der Waals surface area contributed by atoms with Crippen LogP contribution in [0.15, 0.2) is 209 Å². The molecule has 344 valence electrons. The number of rotatable bonds is 6. The molecule has 2 atom stereocenters. The van der Waals surface area contributed by atoms with Crippen LogP contribution in [0.2, 0.25) is 0 Å². The molecular formula is C67H48N2O2S. The predicted octanol–water partition coefficient (Wildman–Crippen LogP) is 17.0. The second kappa shape index (κ2) is 16.6. The molecule has 0 saturated carbocycles. The Balaban J connectivity index is 0.822. The van der Waals surface area contributed by atoms with Crippen LogP contribution >= 0.6 is 11.3 Å². The number of fused-ring (bicyclic) bond motifs is 12. The Morgan fingerprint density at radius 2 is 1.32 bits per heavy atom. The topological polar surface area (TPSA) is 43.2 Å². The number of furan rings is 2. The van der Waals surface area contributed by atoms with Gasteiger partial charge in [-0.1, -0.05) is 158 Å². The van der Waals surface area contributed by atoms with Crippen molar-refractivity contribution in [3.05, 3.63) is 233 Å². The fourth-order valence-corrected chi connectivity index (χ4v) is 13.3. The normalized spacial score (nSPS) is 18.6. The molecule has 8 aromatic carbocycles. The predicted molar refractivity (Wildman–Crippen MR) is 303 cm³/mol. The third kappa shape index (κ3) is 6.72. The lowest BCUT2D eigenvalue weighted by atomic mass is 9.89. The van der Waals surface area contributed by atoms with Crippen LogP contribution in [0, 0.1) is 0 Å². The number of aromatic nitrogens is 1. The highest BCUT2D eigenvalue weighted by molar-refractivity contribution is 7.26. The lowest BCUT2D eigenvalue weighted by Crippen LogP contribution is -2.32. The number of nitrogens with one attached hydrogen (secondary N) is 1. The van der Waals surface area contributed by atoms with Crippen molar-refractivity contribution < 1.29 is 8.83 Å². The van der Waals surface area contributed by atoms with Crippen molar-refractivity contribution >= 4 is 115 Å². The first-order valence-corrected chi connectivity index (χ1v) is 26.2. The third-order valence-electron chi connectivity index (χ3n) is 15.5. The van der Waals surface area contributed by atoms with Gasteiger partial charge in [0.2, 0.25) is 0 Å². The van der Waals surface area contributed by atoms with E-state index in [2.05, 4.69) is 216 Å². The van der Waals surface area contributed by atoms with Gasteiger partial charge in [-0.05, 0) is 126 Å². The molecule has 0 amide bonds. The SMILES string of the molecule is C1=CC(n2c3c(c4ccc(-c5cccc6c5sc5ccccc56)cc42)=CC(c2ccc4oc5cccc(C6=C/CCC(c7ccc8c(c7)oc7ccccc78)N/C(c7ccccc7)=C\6)c5c4c2)CC=3)=CCC1. The van der Waals surface area contributed by atoms with Crippen molar-refractivity contribution in [2.45, 2.75) is 44.1 Å². The van der Waals surface area contributed by atoms with Gasteiger partial charge >= 0.3 is 0 Å². The van der Waals surface area contributed by atoms with Gasteiger partial charge in [0, 0.05) is 75.0 Å². The van der Waals surface area contributed by atoms with E-state index in [1.165, 1.54) is 80.7 Å². The van der Waals surface area contributed by atoms with E-state index in [9.17, 15) is 0 Å². The minimum atomic E-state index is 0.0954. The average Bonchev–Trinajstić information content (AvgIpc) is 4.20. The summed E-state index contributed by atoms with van der Waals surface area (Å²) in [6.45, 7) is 0. The Morgan fingerprint density at radius 3 is 2.25 bits per heavy atom. The van der Waals surface area contributed by atoms with Gasteiger partial charge in [0.25, 0.3) is 0 Å². The van der Waals surface area contributed by atoms with Crippen LogP contribution in [-0.4, -0.2) is 4.57 Å². The second-order valence-corrected chi connectivity index (χ2v) is 20.8. The van der Waals surface area contributed by atoms with E-state index in [1.807, 2.05) is 17.4 Å². The summed E-state index contributed by atoms with van der Waals surface area (Å²) in [6, 6.07) is 62.0. The molecule has 72 heavy (non-hydrogen) atoms. The van der Waals surface area contributed by atoms with Crippen LogP contribution < -0.4 is 15.9 Å². The highest BCUT2D eigenvalue weighted by atomic mass is 32.1. The number of allylic oxidation sites excluding steroid dienone is 7. The van der Waals surface area contributed by atoms with Crippen molar-refractivity contribution in [3.8, 4) is 11.1 Å². The van der Waals surface area contributed by atoms with Crippen molar-refractivity contribution in [1.29, 1.82) is 0 Å². The number of hydrogen-bond donors (Lipinski definition) is 1. The van der Waals surface area contributed by atoms with E-state index in [0.717, 1.165) is 87.2 Å². The molecule has 0 radical (unpaired) electrons. The van der Waals surface area contributed by atoms with E-state index >= 15 is 0 Å². The second-order valence-electron chi connectivity index (χ2n) is 19.7. The first-order chi connectivity index (χ1) is 35.7. The maximum atomic E-state index is 6.70. The van der Waals surface area contributed by atoms with Gasteiger partial charge in [-0.15, -0.1) is 11.3 Å². The molecule has 5 heterocycles. The molecule has 4 aromatic heterocycles.